The number of aliphatic hydroxyl groups excluding tert-OH is 1. The number of benzene rings is 2. The lowest BCUT2D eigenvalue weighted by atomic mass is 10.1. The summed E-state index contributed by atoms with van der Waals surface area (Å²) in [5.41, 5.74) is 4.61. The molecule has 0 fully saturated rings. The molecule has 3 rings (SSSR count). The number of anilines is 1. The molecule has 5 heteroatoms. The van der Waals surface area contributed by atoms with Gasteiger partial charge in [0.15, 0.2) is 6.61 Å². The highest BCUT2D eigenvalue weighted by Crippen LogP contribution is 2.27. The number of hydrogen-bond acceptors (Lipinski definition) is 4. The first-order valence-electron chi connectivity index (χ1n) is 8.77. The average molecular weight is 365 g/mol. The van der Waals surface area contributed by atoms with E-state index in [2.05, 4.69) is 5.32 Å². The molecule has 0 aliphatic heterocycles. The molecule has 0 atom stereocenters. The molecule has 0 bridgehead atoms. The molecule has 27 heavy (non-hydrogen) atoms. The number of furan rings is 1. The maximum absolute atomic E-state index is 12.3. The topological polar surface area (TPSA) is 71.7 Å². The Hall–Kier alpha value is -3.05. The third-order valence-electron chi connectivity index (χ3n) is 4.53. The predicted molar refractivity (Wildman–Crippen MR) is 105 cm³/mol. The highest BCUT2D eigenvalue weighted by Gasteiger charge is 2.11. The summed E-state index contributed by atoms with van der Waals surface area (Å²) in [5.74, 6) is 1.62. The molecule has 0 radical (unpaired) electrons. The van der Waals surface area contributed by atoms with Crippen LogP contribution in [0.5, 0.6) is 5.75 Å². The minimum absolute atomic E-state index is 0.0661. The summed E-state index contributed by atoms with van der Waals surface area (Å²) in [6.07, 6.45) is 0. The van der Waals surface area contributed by atoms with Gasteiger partial charge in [-0.1, -0.05) is 24.3 Å². The summed E-state index contributed by atoms with van der Waals surface area (Å²) in [6, 6.07) is 15.0. The number of aliphatic hydroxyl groups is 1. The fourth-order valence-electron chi connectivity index (χ4n) is 2.74. The monoisotopic (exact) mass is 365 g/mol. The van der Waals surface area contributed by atoms with Crippen LogP contribution in [0.4, 0.5) is 5.69 Å². The summed E-state index contributed by atoms with van der Waals surface area (Å²) in [7, 11) is 0. The van der Waals surface area contributed by atoms with Gasteiger partial charge in [0.2, 0.25) is 0 Å². The molecule has 0 saturated carbocycles. The summed E-state index contributed by atoms with van der Waals surface area (Å²) in [4.78, 5) is 12.3. The number of carbonyl (C=O) groups is 1. The van der Waals surface area contributed by atoms with Crippen molar-refractivity contribution in [1.29, 1.82) is 0 Å². The van der Waals surface area contributed by atoms with Crippen LogP contribution in [-0.4, -0.2) is 17.6 Å². The summed E-state index contributed by atoms with van der Waals surface area (Å²) >= 11 is 0. The van der Waals surface area contributed by atoms with E-state index in [1.165, 1.54) is 0 Å². The number of nitrogens with one attached hydrogen (secondary N) is 1. The smallest absolute Gasteiger partial charge is 0.262 e. The van der Waals surface area contributed by atoms with E-state index < -0.39 is 0 Å². The quantitative estimate of drug-likeness (QED) is 0.680. The Morgan fingerprint density at radius 3 is 2.63 bits per heavy atom. The predicted octanol–water partition coefficient (Wildman–Crippen LogP) is 4.38. The largest absolute Gasteiger partial charge is 0.483 e. The third-order valence-corrected chi connectivity index (χ3v) is 4.53. The van der Waals surface area contributed by atoms with Gasteiger partial charge < -0.3 is 19.6 Å². The van der Waals surface area contributed by atoms with Gasteiger partial charge in [-0.05, 0) is 61.7 Å². The number of rotatable bonds is 6. The lowest BCUT2D eigenvalue weighted by Crippen LogP contribution is -2.21. The number of carbonyl (C=O) groups excluding carboxylic acids is 1. The second-order valence-electron chi connectivity index (χ2n) is 6.49. The fourth-order valence-corrected chi connectivity index (χ4v) is 2.74. The molecule has 0 aliphatic rings. The van der Waals surface area contributed by atoms with E-state index in [9.17, 15) is 4.79 Å². The molecule has 2 aromatic carbocycles. The zero-order valence-electron chi connectivity index (χ0n) is 15.7. The van der Waals surface area contributed by atoms with Crippen LogP contribution in [-0.2, 0) is 11.4 Å². The lowest BCUT2D eigenvalue weighted by molar-refractivity contribution is -0.118. The first kappa shape index (κ1) is 18.7. The molecular weight excluding hydrogens is 342 g/mol. The lowest BCUT2D eigenvalue weighted by Gasteiger charge is -2.13. The average Bonchev–Trinajstić information content (AvgIpc) is 3.14. The normalized spacial score (nSPS) is 10.7. The standard InChI is InChI=1S/C22H23NO4/c1-14-5-4-6-20(16(14)3)26-13-22(25)23-19-11-17(8-7-15(19)2)21-10-9-18(12-24)27-21/h4-11,24H,12-13H2,1-3H3,(H,23,25). The van der Waals surface area contributed by atoms with Crippen LogP contribution < -0.4 is 10.1 Å². The van der Waals surface area contributed by atoms with Crippen molar-refractivity contribution >= 4 is 11.6 Å². The highest BCUT2D eigenvalue weighted by molar-refractivity contribution is 5.93. The molecule has 1 aromatic heterocycles. The van der Waals surface area contributed by atoms with Crippen molar-refractivity contribution in [2.24, 2.45) is 0 Å². The van der Waals surface area contributed by atoms with Crippen LogP contribution in [0.3, 0.4) is 0 Å². The van der Waals surface area contributed by atoms with Gasteiger partial charge in [-0.25, -0.2) is 0 Å². The van der Waals surface area contributed by atoms with Crippen LogP contribution in [0.25, 0.3) is 11.3 Å². The first-order chi connectivity index (χ1) is 13.0. The molecule has 3 aromatic rings. The first-order valence-corrected chi connectivity index (χ1v) is 8.77. The molecule has 0 aliphatic carbocycles. The number of hydrogen-bond donors (Lipinski definition) is 2. The van der Waals surface area contributed by atoms with Crippen LogP contribution >= 0.6 is 0 Å². The second kappa shape index (κ2) is 8.10. The van der Waals surface area contributed by atoms with Gasteiger partial charge in [0.1, 0.15) is 23.9 Å². The van der Waals surface area contributed by atoms with E-state index in [1.807, 2.05) is 57.2 Å². The van der Waals surface area contributed by atoms with Crippen LogP contribution in [0.2, 0.25) is 0 Å². The number of amides is 1. The molecular formula is C22H23NO4. The van der Waals surface area contributed by atoms with Crippen LogP contribution in [0.1, 0.15) is 22.5 Å². The Labute approximate surface area is 158 Å². The van der Waals surface area contributed by atoms with Crippen molar-refractivity contribution in [3.63, 3.8) is 0 Å². The molecule has 0 saturated heterocycles. The van der Waals surface area contributed by atoms with E-state index in [0.717, 1.165) is 22.3 Å². The van der Waals surface area contributed by atoms with E-state index in [4.69, 9.17) is 14.3 Å². The van der Waals surface area contributed by atoms with Crippen molar-refractivity contribution in [3.8, 4) is 17.1 Å². The molecule has 140 valence electrons. The highest BCUT2D eigenvalue weighted by atomic mass is 16.5. The summed E-state index contributed by atoms with van der Waals surface area (Å²) in [5, 5.41) is 12.0. The molecule has 1 amide bonds. The SMILES string of the molecule is Cc1ccc(-c2ccc(CO)o2)cc1NC(=O)COc1cccc(C)c1C. The van der Waals surface area contributed by atoms with Crippen molar-refractivity contribution in [2.45, 2.75) is 27.4 Å². The summed E-state index contributed by atoms with van der Waals surface area (Å²) in [6.45, 7) is 5.69. The van der Waals surface area contributed by atoms with Crippen molar-refractivity contribution < 1.29 is 19.1 Å². The van der Waals surface area contributed by atoms with E-state index in [1.54, 1.807) is 12.1 Å². The maximum Gasteiger partial charge on any atom is 0.262 e. The van der Waals surface area contributed by atoms with E-state index >= 15 is 0 Å². The number of aryl methyl sites for hydroxylation is 2. The van der Waals surface area contributed by atoms with Crippen molar-refractivity contribution in [1.82, 2.24) is 0 Å². The molecule has 5 nitrogen and oxygen atoms in total. The summed E-state index contributed by atoms with van der Waals surface area (Å²) < 4.78 is 11.2. The Morgan fingerprint density at radius 1 is 1.07 bits per heavy atom. The van der Waals surface area contributed by atoms with Gasteiger partial charge in [-0.15, -0.1) is 0 Å². The number of ether oxygens (including phenoxy) is 1. The van der Waals surface area contributed by atoms with Gasteiger partial charge in [0.05, 0.1) is 0 Å². The minimum atomic E-state index is -0.230. The molecule has 0 spiro atoms. The Morgan fingerprint density at radius 2 is 1.89 bits per heavy atom. The molecule has 1 heterocycles. The van der Waals surface area contributed by atoms with Gasteiger partial charge in [-0.2, -0.15) is 0 Å². The zero-order valence-corrected chi connectivity index (χ0v) is 15.7. The van der Waals surface area contributed by atoms with Crippen LogP contribution in [0, 0.1) is 20.8 Å². The van der Waals surface area contributed by atoms with E-state index in [0.29, 0.717) is 23.0 Å². The minimum Gasteiger partial charge on any atom is -0.483 e. The van der Waals surface area contributed by atoms with Gasteiger partial charge in [0, 0.05) is 11.3 Å². The molecule has 2 N–H and O–H groups in total. The van der Waals surface area contributed by atoms with Gasteiger partial charge in [0.25, 0.3) is 5.91 Å². The molecule has 0 unspecified atom stereocenters. The Kier molecular flexibility index (Phi) is 5.62. The Bertz CT molecular complexity index is 959. The fraction of sp³-hybridized carbons (Fsp3) is 0.227. The zero-order chi connectivity index (χ0) is 19.4. The van der Waals surface area contributed by atoms with Crippen molar-refractivity contribution in [2.75, 3.05) is 11.9 Å². The maximum atomic E-state index is 12.3. The van der Waals surface area contributed by atoms with Gasteiger partial charge >= 0.3 is 0 Å². The third kappa shape index (κ3) is 4.38. The second-order valence-corrected chi connectivity index (χ2v) is 6.49. The van der Waals surface area contributed by atoms with E-state index in [-0.39, 0.29) is 19.1 Å². The van der Waals surface area contributed by atoms with Gasteiger partial charge in [-0.3, -0.25) is 4.79 Å². The van der Waals surface area contributed by atoms with Crippen LogP contribution in [0.15, 0.2) is 52.9 Å². The van der Waals surface area contributed by atoms with Crippen molar-refractivity contribution in [3.05, 3.63) is 71.0 Å². The Balaban J connectivity index is 1.70.